The van der Waals surface area contributed by atoms with Crippen LogP contribution in [-0.2, 0) is 6.18 Å². The number of nitrogens with one attached hydrogen (secondary N) is 2. The fraction of sp³-hybridized carbons (Fsp3) is 0.0667. The maximum absolute atomic E-state index is 13.2. The number of benzene rings is 2. The van der Waals surface area contributed by atoms with E-state index in [-0.39, 0.29) is 16.9 Å². The van der Waals surface area contributed by atoms with Crippen molar-refractivity contribution in [3.63, 3.8) is 0 Å². The highest BCUT2D eigenvalue weighted by atomic mass is 19.4. The minimum Gasteiger partial charge on any atom is -0.478 e. The first-order valence-electron chi connectivity index (χ1n) is 6.45. The predicted octanol–water partition coefficient (Wildman–Crippen LogP) is 4.19. The Morgan fingerprint density at radius 3 is 2.17 bits per heavy atom. The lowest BCUT2D eigenvalue weighted by Crippen LogP contribution is -2.20. The highest BCUT2D eigenvalue weighted by molar-refractivity contribution is 6.00. The van der Waals surface area contributed by atoms with Gasteiger partial charge in [-0.2, -0.15) is 13.2 Å². The van der Waals surface area contributed by atoms with E-state index in [0.717, 1.165) is 6.07 Å². The summed E-state index contributed by atoms with van der Waals surface area (Å²) >= 11 is 0. The molecule has 0 aliphatic carbocycles. The number of aromatic carboxylic acids is 1. The largest absolute Gasteiger partial charge is 0.478 e. The topological polar surface area (TPSA) is 78.4 Å². The quantitative estimate of drug-likeness (QED) is 0.732. The molecule has 2 aromatic carbocycles. The van der Waals surface area contributed by atoms with Gasteiger partial charge in [-0.05, 0) is 36.4 Å². The Hall–Kier alpha value is -3.10. The summed E-state index contributed by atoms with van der Waals surface area (Å²) in [4.78, 5) is 22.6. The van der Waals surface area contributed by atoms with Crippen LogP contribution in [0.5, 0.6) is 0 Å². The fourth-order valence-corrected chi connectivity index (χ4v) is 1.84. The Morgan fingerprint density at radius 1 is 0.958 bits per heavy atom. The number of carbonyl (C=O) groups is 2. The number of hydrogen-bond donors (Lipinski definition) is 3. The highest BCUT2D eigenvalue weighted by Gasteiger charge is 2.34. The van der Waals surface area contributed by atoms with E-state index in [1.54, 1.807) is 0 Å². The molecule has 24 heavy (non-hydrogen) atoms. The van der Waals surface area contributed by atoms with Crippen LogP contribution >= 0.6 is 0 Å². The molecule has 0 aliphatic rings. The summed E-state index contributed by atoms with van der Waals surface area (Å²) in [5.41, 5.74) is -1.72. The third-order valence-electron chi connectivity index (χ3n) is 2.90. The molecule has 9 heteroatoms. The Labute approximate surface area is 132 Å². The van der Waals surface area contributed by atoms with Gasteiger partial charge in [-0.3, -0.25) is 0 Å². The molecular weight excluding hydrogens is 332 g/mol. The second-order valence-electron chi connectivity index (χ2n) is 4.66. The summed E-state index contributed by atoms with van der Waals surface area (Å²) < 4.78 is 51.0. The molecule has 0 bridgehead atoms. The zero-order valence-electron chi connectivity index (χ0n) is 11.8. The number of alkyl halides is 3. The van der Waals surface area contributed by atoms with Crippen molar-refractivity contribution in [3.05, 3.63) is 59.4 Å². The molecular formula is C15H10F4N2O3. The van der Waals surface area contributed by atoms with E-state index in [1.807, 2.05) is 0 Å². The number of carboxylic acids is 1. The van der Waals surface area contributed by atoms with E-state index in [0.29, 0.717) is 12.1 Å². The molecule has 3 N–H and O–H groups in total. The zero-order valence-corrected chi connectivity index (χ0v) is 11.8. The minimum atomic E-state index is -4.89. The minimum absolute atomic E-state index is 0.0751. The van der Waals surface area contributed by atoms with E-state index >= 15 is 0 Å². The summed E-state index contributed by atoms with van der Waals surface area (Å²) in [5.74, 6) is -2.66. The average Bonchev–Trinajstić information content (AvgIpc) is 2.48. The van der Waals surface area contributed by atoms with Gasteiger partial charge in [0.05, 0.1) is 11.1 Å². The summed E-state index contributed by atoms with van der Waals surface area (Å²) in [6.45, 7) is 0. The lowest BCUT2D eigenvalue weighted by atomic mass is 10.2. The molecule has 126 valence electrons. The molecule has 0 unspecified atom stereocenters. The number of amides is 2. The maximum atomic E-state index is 13.2. The van der Waals surface area contributed by atoms with E-state index in [2.05, 4.69) is 10.6 Å². The van der Waals surface area contributed by atoms with Gasteiger partial charge >= 0.3 is 18.2 Å². The normalized spacial score (nSPS) is 11.0. The second-order valence-corrected chi connectivity index (χ2v) is 4.66. The monoisotopic (exact) mass is 342 g/mol. The van der Waals surface area contributed by atoms with E-state index < -0.39 is 29.6 Å². The van der Waals surface area contributed by atoms with Crippen LogP contribution in [0.25, 0.3) is 0 Å². The van der Waals surface area contributed by atoms with Gasteiger partial charge in [0.25, 0.3) is 0 Å². The van der Waals surface area contributed by atoms with Crippen molar-refractivity contribution in [3.8, 4) is 0 Å². The van der Waals surface area contributed by atoms with Crippen LogP contribution in [0.1, 0.15) is 15.9 Å². The van der Waals surface area contributed by atoms with Crippen LogP contribution in [-0.4, -0.2) is 17.1 Å². The van der Waals surface area contributed by atoms with Gasteiger partial charge in [-0.25, -0.2) is 14.0 Å². The molecule has 5 nitrogen and oxygen atoms in total. The van der Waals surface area contributed by atoms with E-state index in [1.165, 1.54) is 24.3 Å². The highest BCUT2D eigenvalue weighted by Crippen LogP contribution is 2.33. The molecule has 0 radical (unpaired) electrons. The third-order valence-corrected chi connectivity index (χ3v) is 2.90. The lowest BCUT2D eigenvalue weighted by molar-refractivity contribution is -0.139. The van der Waals surface area contributed by atoms with Crippen molar-refractivity contribution in [2.75, 3.05) is 10.6 Å². The smallest absolute Gasteiger partial charge is 0.419 e. The number of carboxylic acid groups (broad SMARTS) is 1. The Kier molecular flexibility index (Phi) is 4.72. The molecule has 0 aromatic heterocycles. The molecule has 2 rings (SSSR count). The summed E-state index contributed by atoms with van der Waals surface area (Å²) in [7, 11) is 0. The number of halogens is 4. The zero-order chi connectivity index (χ0) is 17.9. The van der Waals surface area contributed by atoms with Crippen LogP contribution in [0.15, 0.2) is 42.5 Å². The van der Waals surface area contributed by atoms with Gasteiger partial charge in [-0.15, -0.1) is 0 Å². The van der Waals surface area contributed by atoms with Gasteiger partial charge < -0.3 is 15.7 Å². The van der Waals surface area contributed by atoms with E-state index in [9.17, 15) is 27.2 Å². The number of urea groups is 1. The Morgan fingerprint density at radius 2 is 1.58 bits per heavy atom. The molecule has 2 amide bonds. The summed E-state index contributed by atoms with van der Waals surface area (Å²) in [5, 5.41) is 13.2. The first-order chi connectivity index (χ1) is 11.2. The Bertz CT molecular complexity index is 791. The van der Waals surface area contributed by atoms with Crippen molar-refractivity contribution in [2.45, 2.75) is 6.18 Å². The molecule has 0 heterocycles. The first-order valence-corrected chi connectivity index (χ1v) is 6.45. The van der Waals surface area contributed by atoms with Crippen molar-refractivity contribution >= 4 is 23.4 Å². The molecule has 0 fully saturated rings. The van der Waals surface area contributed by atoms with Crippen LogP contribution in [0.2, 0.25) is 0 Å². The lowest BCUT2D eigenvalue weighted by Gasteiger charge is -2.12. The molecule has 0 aliphatic heterocycles. The van der Waals surface area contributed by atoms with E-state index in [4.69, 9.17) is 5.11 Å². The standard InChI is InChI=1S/C15H10F4N2O3/c16-12-5-4-10(7-11(12)15(17,18)19)21-14(24)20-9-3-1-2-8(6-9)13(22)23/h1-7H,(H,22,23)(H2,20,21,24). The van der Waals surface area contributed by atoms with Crippen LogP contribution in [0.4, 0.5) is 33.7 Å². The maximum Gasteiger partial charge on any atom is 0.419 e. The number of hydrogen-bond acceptors (Lipinski definition) is 2. The Balaban J connectivity index is 2.13. The summed E-state index contributed by atoms with van der Waals surface area (Å²) in [6.07, 6.45) is -4.89. The van der Waals surface area contributed by atoms with Crippen molar-refractivity contribution in [1.29, 1.82) is 0 Å². The molecule has 0 atom stereocenters. The SMILES string of the molecule is O=C(Nc1cccc(C(=O)O)c1)Nc1ccc(F)c(C(F)(F)F)c1. The van der Waals surface area contributed by atoms with Gasteiger partial charge in [-0.1, -0.05) is 6.07 Å². The van der Waals surface area contributed by atoms with Crippen molar-refractivity contribution < 1.29 is 32.3 Å². The first kappa shape index (κ1) is 17.3. The fourth-order valence-electron chi connectivity index (χ4n) is 1.84. The summed E-state index contributed by atoms with van der Waals surface area (Å²) in [6, 6.07) is 6.38. The number of rotatable bonds is 3. The number of anilines is 2. The van der Waals surface area contributed by atoms with Crippen LogP contribution < -0.4 is 10.6 Å². The van der Waals surface area contributed by atoms with Crippen LogP contribution in [0.3, 0.4) is 0 Å². The van der Waals surface area contributed by atoms with Crippen molar-refractivity contribution in [2.24, 2.45) is 0 Å². The molecule has 2 aromatic rings. The predicted molar refractivity (Wildman–Crippen MR) is 77.4 cm³/mol. The number of carbonyl (C=O) groups excluding carboxylic acids is 1. The van der Waals surface area contributed by atoms with Gasteiger partial charge in [0.2, 0.25) is 0 Å². The molecule has 0 saturated carbocycles. The molecule has 0 saturated heterocycles. The van der Waals surface area contributed by atoms with Crippen molar-refractivity contribution in [1.82, 2.24) is 0 Å². The second kappa shape index (κ2) is 6.57. The average molecular weight is 342 g/mol. The van der Waals surface area contributed by atoms with Gasteiger partial charge in [0.1, 0.15) is 5.82 Å². The van der Waals surface area contributed by atoms with Crippen LogP contribution in [0, 0.1) is 5.82 Å². The molecule has 0 spiro atoms. The van der Waals surface area contributed by atoms with Gasteiger partial charge in [0, 0.05) is 11.4 Å². The van der Waals surface area contributed by atoms with Gasteiger partial charge in [0.15, 0.2) is 0 Å². The third kappa shape index (κ3) is 4.22.